The van der Waals surface area contributed by atoms with Gasteiger partial charge in [0.2, 0.25) is 0 Å². The van der Waals surface area contributed by atoms with Gasteiger partial charge in [0.15, 0.2) is 0 Å². The van der Waals surface area contributed by atoms with E-state index in [-0.39, 0.29) is 0 Å². The van der Waals surface area contributed by atoms with E-state index in [1.165, 1.54) is 0 Å². The van der Waals surface area contributed by atoms with E-state index in [0.29, 0.717) is 0 Å². The van der Waals surface area contributed by atoms with Gasteiger partial charge < -0.3 is 0 Å². The first-order valence-electron chi connectivity index (χ1n) is 2.17. The third-order valence-electron chi connectivity index (χ3n) is 0.716. The summed E-state index contributed by atoms with van der Waals surface area (Å²) in [6.07, 6.45) is -0.139. The Balaban J connectivity index is 3.93. The number of terminal acetylenes is 1. The Kier molecular flexibility index (Phi) is 2.32. The normalized spacial score (nSPS) is 10.4. The Bertz CT molecular complexity index is 147. The largest absolute Gasteiger partial charge is 0.413 e. The van der Waals surface area contributed by atoms with Gasteiger partial charge in [-0.25, -0.2) is 0 Å². The summed E-state index contributed by atoms with van der Waals surface area (Å²) in [5.41, 5.74) is -0.870. The zero-order chi connectivity index (χ0) is 7.49. The molecule has 50 valence electrons. The van der Waals surface area contributed by atoms with Crippen LogP contribution in [0.3, 0.4) is 0 Å². The summed E-state index contributed by atoms with van der Waals surface area (Å²) in [6, 6.07) is 0. The monoisotopic (exact) mass is 134 g/mol. The molecule has 0 heterocycles. The molecule has 0 radical (unpaired) electrons. The van der Waals surface area contributed by atoms with E-state index >= 15 is 0 Å². The van der Waals surface area contributed by atoms with Crippen LogP contribution >= 0.6 is 0 Å². The van der Waals surface area contributed by atoms with Crippen molar-refractivity contribution in [1.82, 2.24) is 0 Å². The van der Waals surface area contributed by atoms with Crippen LogP contribution in [0.15, 0.2) is 12.2 Å². The van der Waals surface area contributed by atoms with Gasteiger partial charge in [0, 0.05) is 12.0 Å². The predicted molar refractivity (Wildman–Crippen MR) is 28.6 cm³/mol. The third kappa shape index (κ3) is 2.81. The topological polar surface area (TPSA) is 0 Å². The highest BCUT2D eigenvalue weighted by molar-refractivity contribution is 5.10. The van der Waals surface area contributed by atoms with Crippen LogP contribution in [-0.4, -0.2) is 6.18 Å². The summed E-state index contributed by atoms with van der Waals surface area (Å²) < 4.78 is 34.3. The van der Waals surface area contributed by atoms with Gasteiger partial charge in [-0.15, -0.1) is 12.3 Å². The van der Waals surface area contributed by atoms with Gasteiger partial charge in [0.05, 0.1) is 0 Å². The number of hydrogen-bond acceptors (Lipinski definition) is 0. The van der Waals surface area contributed by atoms with Crippen molar-refractivity contribution in [3.05, 3.63) is 12.2 Å². The Morgan fingerprint density at radius 3 is 2.11 bits per heavy atom. The van der Waals surface area contributed by atoms with Crippen LogP contribution in [0.2, 0.25) is 0 Å². The molecule has 0 aliphatic rings. The van der Waals surface area contributed by atoms with Gasteiger partial charge in [-0.1, -0.05) is 6.58 Å². The van der Waals surface area contributed by atoms with E-state index in [0.717, 1.165) is 0 Å². The minimum atomic E-state index is -4.33. The van der Waals surface area contributed by atoms with Crippen molar-refractivity contribution in [3.8, 4) is 12.3 Å². The van der Waals surface area contributed by atoms with E-state index in [1.807, 2.05) is 5.92 Å². The molecule has 0 aliphatic carbocycles. The molecule has 0 aromatic rings. The van der Waals surface area contributed by atoms with Gasteiger partial charge >= 0.3 is 6.18 Å². The molecule has 0 N–H and O–H groups in total. The Hall–Kier alpha value is -0.910. The highest BCUT2D eigenvalue weighted by atomic mass is 19.4. The quantitative estimate of drug-likeness (QED) is 0.380. The zero-order valence-electron chi connectivity index (χ0n) is 4.63. The van der Waals surface area contributed by atoms with E-state index in [4.69, 9.17) is 0 Å². The fourth-order valence-corrected chi connectivity index (χ4v) is 0.223. The minimum Gasteiger partial charge on any atom is -0.166 e. The first kappa shape index (κ1) is 8.09. The summed E-state index contributed by atoms with van der Waals surface area (Å²) in [4.78, 5) is 0. The lowest BCUT2D eigenvalue weighted by Crippen LogP contribution is -2.09. The Labute approximate surface area is 51.4 Å². The van der Waals surface area contributed by atoms with Crippen LogP contribution in [0.4, 0.5) is 13.2 Å². The first-order valence-corrected chi connectivity index (χ1v) is 2.17. The van der Waals surface area contributed by atoms with Gasteiger partial charge in [0.1, 0.15) is 0 Å². The summed E-state index contributed by atoms with van der Waals surface area (Å²) >= 11 is 0. The van der Waals surface area contributed by atoms with Crippen molar-refractivity contribution in [2.75, 3.05) is 0 Å². The number of hydrogen-bond donors (Lipinski definition) is 0. The Morgan fingerprint density at radius 1 is 1.56 bits per heavy atom. The minimum absolute atomic E-state index is 0.427. The van der Waals surface area contributed by atoms with Gasteiger partial charge in [-0.3, -0.25) is 0 Å². The fourth-order valence-electron chi connectivity index (χ4n) is 0.223. The molecule has 0 aliphatic heterocycles. The van der Waals surface area contributed by atoms with Crippen LogP contribution in [-0.2, 0) is 0 Å². The zero-order valence-corrected chi connectivity index (χ0v) is 4.63. The van der Waals surface area contributed by atoms with Crippen LogP contribution < -0.4 is 0 Å². The second-order valence-corrected chi connectivity index (χ2v) is 1.48. The number of alkyl halides is 3. The fraction of sp³-hybridized carbons (Fsp3) is 0.333. The van der Waals surface area contributed by atoms with Gasteiger partial charge in [0.25, 0.3) is 0 Å². The average Bonchev–Trinajstić information content (AvgIpc) is 1.64. The molecule has 0 bridgehead atoms. The smallest absolute Gasteiger partial charge is 0.166 e. The molecule has 0 amide bonds. The average molecular weight is 134 g/mol. The summed E-state index contributed by atoms with van der Waals surface area (Å²) in [5.74, 6) is 1.85. The maximum atomic E-state index is 11.4. The molecule has 9 heavy (non-hydrogen) atoms. The van der Waals surface area contributed by atoms with Crippen molar-refractivity contribution in [3.63, 3.8) is 0 Å². The van der Waals surface area contributed by atoms with Crippen LogP contribution in [0.1, 0.15) is 6.42 Å². The van der Waals surface area contributed by atoms with Crippen molar-refractivity contribution in [1.29, 1.82) is 0 Å². The molecule has 0 aromatic heterocycles. The van der Waals surface area contributed by atoms with Gasteiger partial charge in [-0.2, -0.15) is 13.2 Å². The number of allylic oxidation sites excluding steroid dienone is 1. The molecular weight excluding hydrogens is 129 g/mol. The lowest BCUT2D eigenvalue weighted by molar-refractivity contribution is -0.0922. The molecule has 0 saturated heterocycles. The second-order valence-electron chi connectivity index (χ2n) is 1.48. The van der Waals surface area contributed by atoms with Crippen molar-refractivity contribution in [2.45, 2.75) is 12.6 Å². The lowest BCUT2D eigenvalue weighted by Gasteiger charge is -2.04. The second kappa shape index (κ2) is 2.58. The van der Waals surface area contributed by atoms with Crippen LogP contribution in [0.25, 0.3) is 0 Å². The molecule has 0 unspecified atom stereocenters. The molecule has 0 atom stereocenters. The maximum Gasteiger partial charge on any atom is 0.413 e. The van der Waals surface area contributed by atoms with Gasteiger partial charge in [-0.05, 0) is 0 Å². The molecule has 0 rings (SSSR count). The number of halogens is 3. The van der Waals surface area contributed by atoms with E-state index in [2.05, 4.69) is 13.0 Å². The predicted octanol–water partition coefficient (Wildman–Crippen LogP) is 2.13. The summed E-state index contributed by atoms with van der Waals surface area (Å²) in [5, 5.41) is 0. The van der Waals surface area contributed by atoms with E-state index in [1.54, 1.807) is 0 Å². The molecular formula is C6H5F3. The molecule has 0 nitrogen and oxygen atoms in total. The first-order chi connectivity index (χ1) is 3.98. The Morgan fingerprint density at radius 2 is 2.00 bits per heavy atom. The summed E-state index contributed by atoms with van der Waals surface area (Å²) in [7, 11) is 0. The highest BCUT2D eigenvalue weighted by Crippen LogP contribution is 2.25. The molecule has 0 saturated carbocycles. The standard InChI is InChI=1S/C6H5F3/c1-3-4-5(2)6(7,8)9/h1H,2,4H2. The molecule has 3 heteroatoms. The van der Waals surface area contributed by atoms with Crippen molar-refractivity contribution in [2.24, 2.45) is 0 Å². The number of rotatable bonds is 1. The van der Waals surface area contributed by atoms with E-state index < -0.39 is 18.2 Å². The van der Waals surface area contributed by atoms with E-state index in [9.17, 15) is 13.2 Å². The molecule has 0 spiro atoms. The highest BCUT2D eigenvalue weighted by Gasteiger charge is 2.30. The lowest BCUT2D eigenvalue weighted by atomic mass is 10.2. The van der Waals surface area contributed by atoms with Crippen LogP contribution in [0.5, 0.6) is 0 Å². The maximum absolute atomic E-state index is 11.4. The van der Waals surface area contributed by atoms with Crippen molar-refractivity contribution < 1.29 is 13.2 Å². The van der Waals surface area contributed by atoms with Crippen molar-refractivity contribution >= 4 is 0 Å². The molecule has 0 fully saturated rings. The van der Waals surface area contributed by atoms with Crippen LogP contribution in [0, 0.1) is 12.3 Å². The summed E-state index contributed by atoms with van der Waals surface area (Å²) in [6.45, 7) is 2.75. The SMILES string of the molecule is C#CCC(=C)C(F)(F)F. The third-order valence-corrected chi connectivity index (χ3v) is 0.716. The molecule has 0 aromatic carbocycles.